The molecule has 0 aromatic heterocycles. The van der Waals surface area contributed by atoms with Gasteiger partial charge in [0.2, 0.25) is 0 Å². The van der Waals surface area contributed by atoms with Gasteiger partial charge in [-0.3, -0.25) is 0 Å². The maximum absolute atomic E-state index is 3.82. The minimum Gasteiger partial charge on any atom is -0.162 e. The van der Waals surface area contributed by atoms with Gasteiger partial charge in [0.25, 0.3) is 0 Å². The van der Waals surface area contributed by atoms with Crippen LogP contribution in [0.3, 0.4) is 0 Å². The molecule has 0 aliphatic carbocycles. The lowest BCUT2D eigenvalue weighted by Gasteiger charge is -2.09. The van der Waals surface area contributed by atoms with Gasteiger partial charge in [-0.2, -0.15) is 11.8 Å². The largest absolute Gasteiger partial charge is 0.162 e. The number of allylic oxidation sites excluding steroid dienone is 2. The first-order chi connectivity index (χ1) is 5.70. The standard InChI is InChI=1S/C11H21S/c1-5-10(3)7-8-11(4)9-12-6-2/h5,11H,2,6-9H2,1,3-4H3. The summed E-state index contributed by atoms with van der Waals surface area (Å²) in [7, 11) is 0. The van der Waals surface area contributed by atoms with Crippen LogP contribution < -0.4 is 0 Å². The van der Waals surface area contributed by atoms with Crippen LogP contribution in [-0.2, 0) is 0 Å². The van der Waals surface area contributed by atoms with E-state index in [-0.39, 0.29) is 0 Å². The van der Waals surface area contributed by atoms with Crippen molar-refractivity contribution in [1.29, 1.82) is 0 Å². The zero-order valence-electron chi connectivity index (χ0n) is 8.60. The van der Waals surface area contributed by atoms with Crippen molar-refractivity contribution in [2.75, 3.05) is 11.5 Å². The van der Waals surface area contributed by atoms with E-state index in [0.717, 1.165) is 11.7 Å². The average Bonchev–Trinajstić information content (AvgIpc) is 2.10. The second-order valence-corrected chi connectivity index (χ2v) is 4.50. The third-order valence-corrected chi connectivity index (χ3v) is 3.16. The van der Waals surface area contributed by atoms with Crippen LogP contribution in [-0.4, -0.2) is 11.5 Å². The summed E-state index contributed by atoms with van der Waals surface area (Å²) in [5, 5.41) is 0. The third-order valence-electron chi connectivity index (χ3n) is 2.07. The van der Waals surface area contributed by atoms with Gasteiger partial charge in [-0.05, 0) is 51.0 Å². The van der Waals surface area contributed by atoms with Crippen molar-refractivity contribution in [1.82, 2.24) is 0 Å². The van der Waals surface area contributed by atoms with Crippen molar-refractivity contribution in [2.45, 2.75) is 33.6 Å². The fourth-order valence-corrected chi connectivity index (χ4v) is 1.72. The third kappa shape index (κ3) is 6.78. The summed E-state index contributed by atoms with van der Waals surface area (Å²) >= 11 is 1.94. The number of hydrogen-bond donors (Lipinski definition) is 0. The first-order valence-electron chi connectivity index (χ1n) is 4.69. The summed E-state index contributed by atoms with van der Waals surface area (Å²) in [6.45, 7) is 10.5. The Hall–Kier alpha value is 0.0900. The lowest BCUT2D eigenvalue weighted by Crippen LogP contribution is -1.98. The first-order valence-corrected chi connectivity index (χ1v) is 5.85. The molecule has 0 rings (SSSR count). The van der Waals surface area contributed by atoms with Gasteiger partial charge in [0, 0.05) is 0 Å². The molecule has 71 valence electrons. The van der Waals surface area contributed by atoms with Crippen molar-refractivity contribution in [2.24, 2.45) is 5.92 Å². The zero-order valence-corrected chi connectivity index (χ0v) is 9.41. The molecule has 0 bridgehead atoms. The second-order valence-electron chi connectivity index (χ2n) is 3.35. The minimum atomic E-state index is 0.839. The SMILES string of the molecule is [CH2]CSCC(C)CCC(C)=CC. The maximum atomic E-state index is 3.82. The van der Waals surface area contributed by atoms with Crippen LogP contribution in [0.15, 0.2) is 11.6 Å². The quantitative estimate of drug-likeness (QED) is 0.565. The van der Waals surface area contributed by atoms with Crippen molar-refractivity contribution in [3.63, 3.8) is 0 Å². The molecule has 0 aromatic carbocycles. The van der Waals surface area contributed by atoms with Crippen molar-refractivity contribution in [3.8, 4) is 0 Å². The van der Waals surface area contributed by atoms with Gasteiger partial charge >= 0.3 is 0 Å². The van der Waals surface area contributed by atoms with E-state index in [1.165, 1.54) is 24.2 Å². The lowest BCUT2D eigenvalue weighted by atomic mass is 10.0. The maximum Gasteiger partial charge on any atom is -0.00417 e. The Balaban J connectivity index is 3.37. The van der Waals surface area contributed by atoms with E-state index in [1.54, 1.807) is 0 Å². The Morgan fingerprint density at radius 3 is 2.75 bits per heavy atom. The molecule has 0 spiro atoms. The molecule has 0 heterocycles. The molecule has 0 aromatic rings. The highest BCUT2D eigenvalue weighted by Crippen LogP contribution is 2.15. The summed E-state index contributed by atoms with van der Waals surface area (Å²) in [6, 6.07) is 0. The Kier molecular flexibility index (Phi) is 7.78. The predicted molar refractivity (Wildman–Crippen MR) is 60.5 cm³/mol. The molecule has 1 unspecified atom stereocenters. The number of thioether (sulfide) groups is 1. The summed E-state index contributed by atoms with van der Waals surface area (Å²) in [5.41, 5.74) is 1.52. The lowest BCUT2D eigenvalue weighted by molar-refractivity contribution is 0.594. The molecule has 0 nitrogen and oxygen atoms in total. The molecule has 1 heteroatoms. The summed E-state index contributed by atoms with van der Waals surface area (Å²) in [4.78, 5) is 0. The number of rotatable bonds is 6. The molecule has 0 aliphatic rings. The van der Waals surface area contributed by atoms with Crippen LogP contribution in [0.5, 0.6) is 0 Å². The molecular formula is C11H21S. The molecule has 0 amide bonds. The van der Waals surface area contributed by atoms with Gasteiger partial charge < -0.3 is 0 Å². The smallest absolute Gasteiger partial charge is 0.00417 e. The second kappa shape index (κ2) is 7.72. The predicted octanol–water partition coefficient (Wildman–Crippen LogP) is 3.94. The molecule has 1 radical (unpaired) electrons. The summed E-state index contributed by atoms with van der Waals surface area (Å²) < 4.78 is 0. The molecule has 0 N–H and O–H groups in total. The molecule has 1 atom stereocenters. The minimum absolute atomic E-state index is 0.839. The number of hydrogen-bond acceptors (Lipinski definition) is 1. The van der Waals surface area contributed by atoms with E-state index in [9.17, 15) is 0 Å². The van der Waals surface area contributed by atoms with Crippen LogP contribution in [0.1, 0.15) is 33.6 Å². The Morgan fingerprint density at radius 1 is 1.58 bits per heavy atom. The normalized spacial score (nSPS) is 14.8. The molecule has 0 aliphatic heterocycles. The van der Waals surface area contributed by atoms with E-state index in [1.807, 2.05) is 11.8 Å². The van der Waals surface area contributed by atoms with Gasteiger partial charge in [-0.25, -0.2) is 0 Å². The average molecular weight is 185 g/mol. The first kappa shape index (κ1) is 12.1. The van der Waals surface area contributed by atoms with Gasteiger partial charge in [0.05, 0.1) is 0 Å². The zero-order chi connectivity index (χ0) is 9.40. The Morgan fingerprint density at radius 2 is 2.25 bits per heavy atom. The van der Waals surface area contributed by atoms with Crippen molar-refractivity contribution in [3.05, 3.63) is 18.6 Å². The van der Waals surface area contributed by atoms with Crippen LogP contribution >= 0.6 is 11.8 Å². The van der Waals surface area contributed by atoms with Crippen LogP contribution in [0.25, 0.3) is 0 Å². The van der Waals surface area contributed by atoms with Crippen molar-refractivity contribution >= 4 is 11.8 Å². The van der Waals surface area contributed by atoms with Gasteiger partial charge in [0.15, 0.2) is 0 Å². The van der Waals surface area contributed by atoms with E-state index in [4.69, 9.17) is 0 Å². The molecular weight excluding hydrogens is 164 g/mol. The fourth-order valence-electron chi connectivity index (χ4n) is 0.986. The highest BCUT2D eigenvalue weighted by molar-refractivity contribution is 7.99. The topological polar surface area (TPSA) is 0 Å². The highest BCUT2D eigenvalue weighted by atomic mass is 32.2. The molecule has 0 saturated heterocycles. The Labute approximate surface area is 81.8 Å². The van der Waals surface area contributed by atoms with E-state index in [2.05, 4.69) is 33.8 Å². The van der Waals surface area contributed by atoms with E-state index < -0.39 is 0 Å². The van der Waals surface area contributed by atoms with Gasteiger partial charge in [0.1, 0.15) is 0 Å². The summed E-state index contributed by atoms with van der Waals surface area (Å²) in [6.07, 6.45) is 4.79. The molecule has 0 saturated carbocycles. The van der Waals surface area contributed by atoms with Crippen LogP contribution in [0.2, 0.25) is 0 Å². The summed E-state index contributed by atoms with van der Waals surface area (Å²) in [5.74, 6) is 3.11. The van der Waals surface area contributed by atoms with E-state index in [0.29, 0.717) is 0 Å². The molecule has 12 heavy (non-hydrogen) atoms. The van der Waals surface area contributed by atoms with Crippen LogP contribution in [0.4, 0.5) is 0 Å². The monoisotopic (exact) mass is 185 g/mol. The fraction of sp³-hybridized carbons (Fsp3) is 0.727. The van der Waals surface area contributed by atoms with Crippen LogP contribution in [0, 0.1) is 12.8 Å². The van der Waals surface area contributed by atoms with Crippen molar-refractivity contribution < 1.29 is 0 Å². The highest BCUT2D eigenvalue weighted by Gasteiger charge is 2.01. The Bertz CT molecular complexity index is 127. The van der Waals surface area contributed by atoms with Gasteiger partial charge in [-0.15, -0.1) is 0 Å². The molecule has 0 fully saturated rings. The van der Waals surface area contributed by atoms with Gasteiger partial charge in [-0.1, -0.05) is 18.6 Å². The van der Waals surface area contributed by atoms with E-state index >= 15 is 0 Å².